The van der Waals surface area contributed by atoms with E-state index in [1.807, 2.05) is 0 Å². The van der Waals surface area contributed by atoms with E-state index in [0.717, 1.165) is 11.2 Å². The Kier molecular flexibility index (Phi) is 7.42. The Morgan fingerprint density at radius 2 is 1.82 bits per heavy atom. The summed E-state index contributed by atoms with van der Waals surface area (Å²) < 4.78 is 43.5. The van der Waals surface area contributed by atoms with Crippen LogP contribution < -0.4 is 15.1 Å². The van der Waals surface area contributed by atoms with E-state index in [-0.39, 0.29) is 31.1 Å². The molecule has 2 amide bonds. The number of halogens is 1. The Balaban J connectivity index is 1.81. The number of benzene rings is 1. The van der Waals surface area contributed by atoms with Crippen LogP contribution in [0.25, 0.3) is 0 Å². The van der Waals surface area contributed by atoms with Gasteiger partial charge in [-0.2, -0.15) is 8.42 Å². The molecular weight excluding hydrogens is 519 g/mol. The lowest BCUT2D eigenvalue weighted by Gasteiger charge is -2.37. The van der Waals surface area contributed by atoms with Crippen LogP contribution in [0.2, 0.25) is 0 Å². The van der Waals surface area contributed by atoms with Crippen LogP contribution >= 0.6 is 0 Å². The zero-order chi connectivity index (χ0) is 27.8. The van der Waals surface area contributed by atoms with Crippen molar-refractivity contribution in [3.05, 3.63) is 57.5 Å². The summed E-state index contributed by atoms with van der Waals surface area (Å²) in [6.45, 7) is 0.199. The van der Waals surface area contributed by atoms with Crippen molar-refractivity contribution in [1.82, 2.24) is 19.8 Å². The van der Waals surface area contributed by atoms with Crippen molar-refractivity contribution in [3.63, 3.8) is 0 Å². The number of Topliss-reactive ketones (excluding diaryl/α,β-unsaturated/α-hetero) is 1. The predicted octanol–water partition coefficient (Wildman–Crippen LogP) is 1.14. The molecule has 204 valence electrons. The van der Waals surface area contributed by atoms with Crippen LogP contribution in [0, 0.1) is 11.7 Å². The average molecular weight is 549 g/mol. The Hall–Kier alpha value is -3.61. The third-order valence-corrected chi connectivity index (χ3v) is 7.43. The number of hydrogen-bond acceptors (Lipinski definition) is 8. The van der Waals surface area contributed by atoms with Gasteiger partial charge in [-0.05, 0) is 55.7 Å². The largest absolute Gasteiger partial charge is 0.374 e. The second kappa shape index (κ2) is 10.3. The number of likely N-dealkylation sites (N-methyl/N-ethyl adjacent to an activating group) is 1. The normalized spacial score (nSPS) is 20.3. The molecule has 3 aliphatic rings. The molecule has 1 aliphatic carbocycles. The van der Waals surface area contributed by atoms with Gasteiger partial charge in [-0.15, -0.1) is 0 Å². The van der Waals surface area contributed by atoms with Gasteiger partial charge in [-0.25, -0.2) is 9.37 Å². The van der Waals surface area contributed by atoms with Gasteiger partial charge in [-0.1, -0.05) is 12.1 Å². The number of aryl methyl sites for hydroxylation is 1. The first-order chi connectivity index (χ1) is 17.8. The molecule has 0 atom stereocenters. The number of hydrogen-bond donors (Lipinski definition) is 1. The number of aromatic nitrogens is 2. The molecule has 2 bridgehead atoms. The summed E-state index contributed by atoms with van der Waals surface area (Å²) >= 11 is 0. The highest BCUT2D eigenvalue weighted by atomic mass is 32.2. The monoisotopic (exact) mass is 548 g/mol. The van der Waals surface area contributed by atoms with Gasteiger partial charge >= 0.3 is 21.9 Å². The number of rotatable bonds is 7. The van der Waals surface area contributed by atoms with Gasteiger partial charge in [0.1, 0.15) is 11.6 Å². The van der Waals surface area contributed by atoms with E-state index in [9.17, 15) is 32.0 Å². The summed E-state index contributed by atoms with van der Waals surface area (Å²) in [6.07, 6.45) is 2.78. The highest BCUT2D eigenvalue weighted by Crippen LogP contribution is 2.43. The number of fused-ring (bicyclic) bond motifs is 2. The molecule has 0 radical (unpaired) electrons. The van der Waals surface area contributed by atoms with Gasteiger partial charge in [-0.3, -0.25) is 23.7 Å². The van der Waals surface area contributed by atoms with Crippen LogP contribution in [0.3, 0.4) is 0 Å². The summed E-state index contributed by atoms with van der Waals surface area (Å²) in [5.41, 5.74) is -1.87. The van der Waals surface area contributed by atoms with E-state index < -0.39 is 56.1 Å². The predicted molar refractivity (Wildman–Crippen MR) is 133 cm³/mol. The number of ketones is 1. The molecule has 1 aromatic heterocycles. The SMILES string of the molecule is CN(C)C(=O)C(=O)NC12CCC(CC1)Cn1c2nc(C(=O)CCc2ccc(F)cc2)c(OS(C)(=O)=O)c1=O. The first-order valence-corrected chi connectivity index (χ1v) is 14.0. The second-order valence-corrected chi connectivity index (χ2v) is 11.6. The Morgan fingerprint density at radius 1 is 1.18 bits per heavy atom. The molecule has 0 unspecified atom stereocenters. The van der Waals surface area contributed by atoms with E-state index in [4.69, 9.17) is 4.18 Å². The molecule has 1 aromatic carbocycles. The van der Waals surface area contributed by atoms with Crippen LogP contribution in [0.15, 0.2) is 29.1 Å². The quantitative estimate of drug-likeness (QED) is 0.308. The minimum absolute atomic E-state index is 0.0523. The molecule has 38 heavy (non-hydrogen) atoms. The van der Waals surface area contributed by atoms with Crippen LogP contribution in [0.1, 0.15) is 54.0 Å². The molecule has 1 N–H and O–H groups in total. The van der Waals surface area contributed by atoms with Crippen LogP contribution in [-0.2, 0) is 38.2 Å². The molecule has 13 heteroatoms. The highest BCUT2D eigenvalue weighted by Gasteiger charge is 2.47. The lowest BCUT2D eigenvalue weighted by molar-refractivity contribution is -0.145. The van der Waals surface area contributed by atoms with Gasteiger partial charge in [0.25, 0.3) is 5.56 Å². The maximum atomic E-state index is 13.6. The van der Waals surface area contributed by atoms with E-state index in [1.54, 1.807) is 0 Å². The van der Waals surface area contributed by atoms with Crippen molar-refractivity contribution in [3.8, 4) is 5.75 Å². The van der Waals surface area contributed by atoms with Crippen LogP contribution in [0.5, 0.6) is 5.75 Å². The molecule has 0 spiro atoms. The number of nitrogens with zero attached hydrogens (tertiary/aromatic N) is 3. The lowest BCUT2D eigenvalue weighted by atomic mass is 9.77. The van der Waals surface area contributed by atoms with Crippen molar-refractivity contribution < 1.29 is 31.4 Å². The fraction of sp³-hybridized carbons (Fsp3) is 0.480. The summed E-state index contributed by atoms with van der Waals surface area (Å²) in [5.74, 6) is -3.31. The maximum Gasteiger partial charge on any atom is 0.311 e. The summed E-state index contributed by atoms with van der Waals surface area (Å²) in [7, 11) is -1.32. The van der Waals surface area contributed by atoms with Gasteiger partial charge in [0, 0.05) is 27.1 Å². The van der Waals surface area contributed by atoms with E-state index in [0.29, 0.717) is 31.2 Å². The fourth-order valence-electron chi connectivity index (χ4n) is 5.00. The number of carbonyl (C=O) groups is 3. The molecule has 5 rings (SSSR count). The fourth-order valence-corrected chi connectivity index (χ4v) is 5.46. The molecule has 11 nitrogen and oxygen atoms in total. The second-order valence-electron chi connectivity index (χ2n) is 10.0. The van der Waals surface area contributed by atoms with Gasteiger partial charge in [0.05, 0.1) is 11.8 Å². The first-order valence-electron chi connectivity index (χ1n) is 12.2. The van der Waals surface area contributed by atoms with Crippen molar-refractivity contribution in [1.29, 1.82) is 0 Å². The van der Waals surface area contributed by atoms with E-state index >= 15 is 0 Å². The molecule has 2 aliphatic heterocycles. The molecule has 3 heterocycles. The van der Waals surface area contributed by atoms with Crippen molar-refractivity contribution in [2.75, 3.05) is 20.4 Å². The molecule has 1 fully saturated rings. The zero-order valence-corrected chi connectivity index (χ0v) is 22.1. The van der Waals surface area contributed by atoms with Gasteiger partial charge in [0.2, 0.25) is 5.75 Å². The van der Waals surface area contributed by atoms with E-state index in [2.05, 4.69) is 10.3 Å². The first kappa shape index (κ1) is 27.4. The topological polar surface area (TPSA) is 145 Å². The van der Waals surface area contributed by atoms with Gasteiger partial charge < -0.3 is 14.4 Å². The average Bonchev–Trinajstić information content (AvgIpc) is 3.10. The van der Waals surface area contributed by atoms with E-state index in [1.165, 1.54) is 42.9 Å². The number of carbonyl (C=O) groups excluding carboxylic acids is 3. The number of amides is 2. The smallest absolute Gasteiger partial charge is 0.311 e. The third kappa shape index (κ3) is 5.62. The molecule has 2 aromatic rings. The molecule has 1 saturated carbocycles. The highest BCUT2D eigenvalue weighted by molar-refractivity contribution is 7.86. The summed E-state index contributed by atoms with van der Waals surface area (Å²) in [5, 5.41) is 2.76. The summed E-state index contributed by atoms with van der Waals surface area (Å²) in [4.78, 5) is 57.7. The van der Waals surface area contributed by atoms with Crippen molar-refractivity contribution >= 4 is 27.7 Å². The van der Waals surface area contributed by atoms with Crippen molar-refractivity contribution in [2.45, 2.75) is 50.6 Å². The minimum Gasteiger partial charge on any atom is -0.374 e. The lowest BCUT2D eigenvalue weighted by Crippen LogP contribution is -2.53. The Bertz CT molecular complexity index is 1440. The maximum absolute atomic E-state index is 13.6. The zero-order valence-electron chi connectivity index (χ0n) is 21.3. The standard InChI is InChI=1S/C25H29FN4O7S/c1-29(2)23(34)21(32)28-25-12-10-16(11-13-25)14-30-22(33)20(37-38(3,35)36)19(27-24(25)30)18(31)9-6-15-4-7-17(26)8-5-15/h4-5,7-8,16H,6,9-14H2,1-3H3,(H,28,32). The Labute approximate surface area is 219 Å². The van der Waals surface area contributed by atoms with Crippen molar-refractivity contribution in [2.24, 2.45) is 5.92 Å². The number of nitrogens with one attached hydrogen (secondary N) is 1. The third-order valence-electron chi connectivity index (χ3n) is 6.96. The minimum atomic E-state index is -4.20. The summed E-state index contributed by atoms with van der Waals surface area (Å²) in [6, 6.07) is 5.54. The van der Waals surface area contributed by atoms with Crippen LogP contribution in [0.4, 0.5) is 4.39 Å². The molecule has 0 saturated heterocycles. The van der Waals surface area contributed by atoms with Crippen LogP contribution in [-0.4, -0.2) is 60.8 Å². The Morgan fingerprint density at radius 3 is 2.39 bits per heavy atom. The molecular formula is C25H29FN4O7S. The van der Waals surface area contributed by atoms with Gasteiger partial charge in [0.15, 0.2) is 11.5 Å².